The molecule has 0 aliphatic heterocycles. The Kier molecular flexibility index (Phi) is 3.58. The predicted octanol–water partition coefficient (Wildman–Crippen LogP) is 3.12. The molecule has 0 atom stereocenters. The standard InChI is InChI=1S/C14H14N2OS/c1-9-3-6-11(7-4-9)17-14-12(13(15)18)8-5-10(2)16-14/h3-8H,1-2H3,(H2,15,18). The highest BCUT2D eigenvalue weighted by Gasteiger charge is 2.09. The van der Waals surface area contributed by atoms with E-state index in [2.05, 4.69) is 4.98 Å². The summed E-state index contributed by atoms with van der Waals surface area (Å²) in [7, 11) is 0. The van der Waals surface area contributed by atoms with Crippen LogP contribution in [0.5, 0.6) is 11.6 Å². The van der Waals surface area contributed by atoms with Gasteiger partial charge >= 0.3 is 0 Å². The lowest BCUT2D eigenvalue weighted by Crippen LogP contribution is -2.11. The number of nitrogens with two attached hydrogens (primary N) is 1. The quantitative estimate of drug-likeness (QED) is 0.859. The summed E-state index contributed by atoms with van der Waals surface area (Å²) in [6.45, 7) is 3.92. The van der Waals surface area contributed by atoms with Crippen molar-refractivity contribution >= 4 is 17.2 Å². The Bertz CT molecular complexity index is 579. The van der Waals surface area contributed by atoms with Crippen LogP contribution in [0.25, 0.3) is 0 Å². The van der Waals surface area contributed by atoms with Crippen LogP contribution in [0.3, 0.4) is 0 Å². The molecular weight excluding hydrogens is 244 g/mol. The van der Waals surface area contributed by atoms with Crippen LogP contribution in [-0.4, -0.2) is 9.97 Å². The molecule has 92 valence electrons. The highest BCUT2D eigenvalue weighted by Crippen LogP contribution is 2.23. The number of rotatable bonds is 3. The number of benzene rings is 1. The Labute approximate surface area is 112 Å². The van der Waals surface area contributed by atoms with Crippen LogP contribution < -0.4 is 10.5 Å². The monoisotopic (exact) mass is 258 g/mol. The third kappa shape index (κ3) is 2.84. The predicted molar refractivity (Wildman–Crippen MR) is 76.1 cm³/mol. The molecule has 3 nitrogen and oxygen atoms in total. The van der Waals surface area contributed by atoms with E-state index in [1.807, 2.05) is 50.2 Å². The number of aromatic nitrogens is 1. The molecule has 0 bridgehead atoms. The molecule has 1 heterocycles. The molecule has 0 spiro atoms. The van der Waals surface area contributed by atoms with Crippen molar-refractivity contribution in [3.8, 4) is 11.6 Å². The van der Waals surface area contributed by atoms with Crippen molar-refractivity contribution in [1.82, 2.24) is 4.98 Å². The summed E-state index contributed by atoms with van der Waals surface area (Å²) >= 11 is 4.99. The third-order valence-electron chi connectivity index (χ3n) is 2.50. The summed E-state index contributed by atoms with van der Waals surface area (Å²) in [4.78, 5) is 4.60. The zero-order chi connectivity index (χ0) is 13.1. The van der Waals surface area contributed by atoms with Crippen molar-refractivity contribution in [3.05, 3.63) is 53.2 Å². The van der Waals surface area contributed by atoms with E-state index in [4.69, 9.17) is 22.7 Å². The van der Waals surface area contributed by atoms with Crippen molar-refractivity contribution in [1.29, 1.82) is 0 Å². The normalized spacial score (nSPS) is 10.1. The molecule has 1 aromatic carbocycles. The highest BCUT2D eigenvalue weighted by molar-refractivity contribution is 7.80. The van der Waals surface area contributed by atoms with Gasteiger partial charge in [0.05, 0.1) is 5.56 Å². The molecule has 18 heavy (non-hydrogen) atoms. The Hall–Kier alpha value is -1.94. The Morgan fingerprint density at radius 2 is 1.78 bits per heavy atom. The second kappa shape index (κ2) is 5.14. The summed E-state index contributed by atoms with van der Waals surface area (Å²) in [5, 5.41) is 0. The van der Waals surface area contributed by atoms with Gasteiger partial charge in [-0.2, -0.15) is 0 Å². The lowest BCUT2D eigenvalue weighted by molar-refractivity contribution is 0.460. The zero-order valence-electron chi connectivity index (χ0n) is 10.3. The highest BCUT2D eigenvalue weighted by atomic mass is 32.1. The van der Waals surface area contributed by atoms with Gasteiger partial charge in [-0.05, 0) is 38.1 Å². The fourth-order valence-corrected chi connectivity index (χ4v) is 1.67. The molecule has 0 saturated carbocycles. The topological polar surface area (TPSA) is 48.1 Å². The van der Waals surface area contributed by atoms with Crippen LogP contribution in [-0.2, 0) is 0 Å². The molecule has 2 N–H and O–H groups in total. The first-order chi connectivity index (χ1) is 8.56. The van der Waals surface area contributed by atoms with Crippen LogP contribution >= 0.6 is 12.2 Å². The Balaban J connectivity index is 2.35. The smallest absolute Gasteiger partial charge is 0.229 e. The molecule has 0 aliphatic carbocycles. The van der Waals surface area contributed by atoms with E-state index in [1.54, 1.807) is 0 Å². The van der Waals surface area contributed by atoms with Gasteiger partial charge in [-0.1, -0.05) is 29.9 Å². The molecule has 0 amide bonds. The first kappa shape index (κ1) is 12.5. The average molecular weight is 258 g/mol. The summed E-state index contributed by atoms with van der Waals surface area (Å²) in [6, 6.07) is 11.4. The van der Waals surface area contributed by atoms with Gasteiger partial charge in [-0.15, -0.1) is 0 Å². The van der Waals surface area contributed by atoms with E-state index in [0.717, 1.165) is 11.4 Å². The number of aryl methyl sites for hydroxylation is 2. The lowest BCUT2D eigenvalue weighted by Gasteiger charge is -2.10. The molecule has 0 radical (unpaired) electrons. The summed E-state index contributed by atoms with van der Waals surface area (Å²) in [5.74, 6) is 1.17. The van der Waals surface area contributed by atoms with E-state index < -0.39 is 0 Å². The first-order valence-electron chi connectivity index (χ1n) is 5.58. The fraction of sp³-hybridized carbons (Fsp3) is 0.143. The minimum atomic E-state index is 0.282. The molecule has 0 aliphatic rings. The van der Waals surface area contributed by atoms with E-state index in [1.165, 1.54) is 5.56 Å². The number of hydrogen-bond donors (Lipinski definition) is 1. The maximum Gasteiger partial charge on any atom is 0.229 e. The molecule has 1 aromatic heterocycles. The maximum absolute atomic E-state index is 5.73. The van der Waals surface area contributed by atoms with Crippen LogP contribution in [0.2, 0.25) is 0 Å². The van der Waals surface area contributed by atoms with Gasteiger partial charge in [0.1, 0.15) is 10.7 Å². The maximum atomic E-state index is 5.73. The van der Waals surface area contributed by atoms with Gasteiger partial charge in [0.25, 0.3) is 0 Å². The molecule has 4 heteroatoms. The second-order valence-corrected chi connectivity index (χ2v) is 4.52. The largest absolute Gasteiger partial charge is 0.438 e. The number of hydrogen-bond acceptors (Lipinski definition) is 3. The summed E-state index contributed by atoms with van der Waals surface area (Å²) < 4.78 is 5.73. The van der Waals surface area contributed by atoms with Crippen molar-refractivity contribution < 1.29 is 4.74 Å². The van der Waals surface area contributed by atoms with E-state index in [0.29, 0.717) is 11.4 Å². The lowest BCUT2D eigenvalue weighted by atomic mass is 10.2. The van der Waals surface area contributed by atoms with Gasteiger partial charge in [0.15, 0.2) is 0 Å². The number of thiocarbonyl (C=S) groups is 1. The fourth-order valence-electron chi connectivity index (χ4n) is 1.52. The number of pyridine rings is 1. The molecule has 0 unspecified atom stereocenters. The van der Waals surface area contributed by atoms with Crippen LogP contribution in [0, 0.1) is 13.8 Å². The van der Waals surface area contributed by atoms with Gasteiger partial charge in [-0.3, -0.25) is 0 Å². The van der Waals surface area contributed by atoms with Crippen LogP contribution in [0.1, 0.15) is 16.8 Å². The molecule has 0 fully saturated rings. The molecule has 2 rings (SSSR count). The Morgan fingerprint density at radius 3 is 2.39 bits per heavy atom. The van der Waals surface area contributed by atoms with Crippen molar-refractivity contribution in [2.75, 3.05) is 0 Å². The number of ether oxygens (including phenoxy) is 1. The van der Waals surface area contributed by atoms with Crippen LogP contribution in [0.15, 0.2) is 36.4 Å². The van der Waals surface area contributed by atoms with Crippen molar-refractivity contribution in [2.45, 2.75) is 13.8 Å². The van der Waals surface area contributed by atoms with Gasteiger partial charge in [0.2, 0.25) is 5.88 Å². The van der Waals surface area contributed by atoms with E-state index in [-0.39, 0.29) is 4.99 Å². The summed E-state index contributed by atoms with van der Waals surface area (Å²) in [5.41, 5.74) is 8.34. The van der Waals surface area contributed by atoms with Gasteiger partial charge < -0.3 is 10.5 Å². The van der Waals surface area contributed by atoms with E-state index in [9.17, 15) is 0 Å². The van der Waals surface area contributed by atoms with Crippen LogP contribution in [0.4, 0.5) is 0 Å². The second-order valence-electron chi connectivity index (χ2n) is 4.08. The minimum Gasteiger partial charge on any atom is -0.438 e. The van der Waals surface area contributed by atoms with Crippen molar-refractivity contribution in [2.24, 2.45) is 5.73 Å². The van der Waals surface area contributed by atoms with Crippen molar-refractivity contribution in [3.63, 3.8) is 0 Å². The first-order valence-corrected chi connectivity index (χ1v) is 5.99. The minimum absolute atomic E-state index is 0.282. The molecule has 0 saturated heterocycles. The summed E-state index contributed by atoms with van der Waals surface area (Å²) in [6.07, 6.45) is 0. The zero-order valence-corrected chi connectivity index (χ0v) is 11.1. The third-order valence-corrected chi connectivity index (χ3v) is 2.72. The Morgan fingerprint density at radius 1 is 1.11 bits per heavy atom. The number of nitrogens with zero attached hydrogens (tertiary/aromatic N) is 1. The average Bonchev–Trinajstić information content (AvgIpc) is 2.32. The van der Waals surface area contributed by atoms with E-state index >= 15 is 0 Å². The van der Waals surface area contributed by atoms with Gasteiger partial charge in [0, 0.05) is 5.69 Å². The van der Waals surface area contributed by atoms with Gasteiger partial charge in [-0.25, -0.2) is 4.98 Å². The SMILES string of the molecule is Cc1ccc(Oc2nc(C)ccc2C(N)=S)cc1. The molecular formula is C14H14N2OS. The molecule has 2 aromatic rings.